The fraction of sp³-hybridized carbons (Fsp3) is 0.273. The zero-order chi connectivity index (χ0) is 24.5. The number of rotatable bonds is 6. The van der Waals surface area contributed by atoms with Crippen LogP contribution in [-0.2, 0) is 4.79 Å². The summed E-state index contributed by atoms with van der Waals surface area (Å²) in [6, 6.07) is 5.58. The van der Waals surface area contributed by atoms with Crippen molar-refractivity contribution in [2.24, 2.45) is 39.4 Å². The average molecular weight is 445 g/mol. The number of allylic oxidation sites excluding steroid dienone is 2. The van der Waals surface area contributed by atoms with Crippen molar-refractivity contribution in [1.29, 1.82) is 0 Å². The Bertz CT molecular complexity index is 843. The van der Waals surface area contributed by atoms with Gasteiger partial charge in [0.1, 0.15) is 11.7 Å². The van der Waals surface area contributed by atoms with E-state index >= 15 is 0 Å². The topological polar surface area (TPSA) is 189 Å². The second-order valence-electron chi connectivity index (χ2n) is 6.68. The molecule has 0 aliphatic carbocycles. The lowest BCUT2D eigenvalue weighted by atomic mass is 10.1. The molecule has 174 valence electrons. The summed E-state index contributed by atoms with van der Waals surface area (Å²) in [5.41, 5.74) is 33.7. The number of halogens is 1. The van der Waals surface area contributed by atoms with Gasteiger partial charge in [0.25, 0.3) is 5.91 Å². The van der Waals surface area contributed by atoms with E-state index in [1.54, 1.807) is 6.08 Å². The highest BCUT2D eigenvalue weighted by molar-refractivity contribution is 6.20. The zero-order valence-corrected chi connectivity index (χ0v) is 18.0. The number of nitrogens with two attached hydrogens (primary N) is 6. The molecule has 1 aliphatic rings. The summed E-state index contributed by atoms with van der Waals surface area (Å²) in [5.74, 6) is -1.27. The Morgan fingerprint density at radius 1 is 1.19 bits per heavy atom. The lowest BCUT2D eigenvalue weighted by Gasteiger charge is -2.30. The molecule has 2 rings (SSSR count). The molecule has 0 saturated carbocycles. The second-order valence-corrected chi connectivity index (χ2v) is 6.68. The first-order chi connectivity index (χ1) is 15.3. The molecule has 1 fully saturated rings. The van der Waals surface area contributed by atoms with E-state index in [0.29, 0.717) is 11.7 Å². The average Bonchev–Trinajstić information content (AvgIpc) is 2.76. The third kappa shape index (κ3) is 11.4. The molecule has 32 heavy (non-hydrogen) atoms. The normalized spacial score (nSPS) is 17.6. The standard InChI is InChI=1S/C10H11FN4O.C10H20N4.C2H2/c11-6-1-3-7(4-2-6)15-9(13)8(5-12)10(14)16;11-5-1-3-9(12)7-14-6-2-4-10(13)8-14;1-2/h1-5H,12H2,(H2,13,15)(H2,14,16);1,3,5,10H,2,4,6-8,11-13H2;1-2H/b8-5+;5-1-,9-3-;/t;10-;/m.0./s1. The lowest BCUT2D eigenvalue weighted by Crippen LogP contribution is -2.44. The number of nitrogens with zero attached hydrogens (tertiary/aromatic N) is 2. The molecule has 0 bridgehead atoms. The van der Waals surface area contributed by atoms with Crippen molar-refractivity contribution >= 4 is 17.4 Å². The number of hydrogen-bond donors (Lipinski definition) is 6. The molecule has 1 atom stereocenters. The fourth-order valence-electron chi connectivity index (χ4n) is 2.73. The van der Waals surface area contributed by atoms with Gasteiger partial charge in [0, 0.05) is 31.0 Å². The van der Waals surface area contributed by atoms with E-state index < -0.39 is 5.91 Å². The smallest absolute Gasteiger partial charge is 0.253 e. The Morgan fingerprint density at radius 3 is 2.31 bits per heavy atom. The van der Waals surface area contributed by atoms with Crippen LogP contribution in [0.3, 0.4) is 0 Å². The molecule has 1 aliphatic heterocycles. The van der Waals surface area contributed by atoms with E-state index in [9.17, 15) is 9.18 Å². The molecule has 0 aromatic heterocycles. The van der Waals surface area contributed by atoms with Crippen molar-refractivity contribution in [3.8, 4) is 12.8 Å². The summed E-state index contributed by atoms with van der Waals surface area (Å²) in [6.07, 6.45) is 16.3. The van der Waals surface area contributed by atoms with Crippen LogP contribution in [0.15, 0.2) is 65.1 Å². The number of amidine groups is 1. The van der Waals surface area contributed by atoms with Crippen LogP contribution >= 0.6 is 0 Å². The number of piperidine rings is 1. The number of terminal acetylenes is 1. The van der Waals surface area contributed by atoms with Gasteiger partial charge in [0.15, 0.2) is 0 Å². The van der Waals surface area contributed by atoms with Gasteiger partial charge in [-0.2, -0.15) is 0 Å². The minimum absolute atomic E-state index is 0.0793. The van der Waals surface area contributed by atoms with Gasteiger partial charge in [-0.05, 0) is 62.0 Å². The first-order valence-corrected chi connectivity index (χ1v) is 9.72. The number of likely N-dealkylation sites (tertiary alicyclic amines) is 1. The number of benzene rings is 1. The molecule has 10 heteroatoms. The summed E-state index contributed by atoms with van der Waals surface area (Å²) in [6.45, 7) is 2.83. The summed E-state index contributed by atoms with van der Waals surface area (Å²) in [4.78, 5) is 17.0. The number of amides is 1. The number of carbonyl (C=O) groups excluding carboxylic acids is 1. The van der Waals surface area contributed by atoms with Crippen molar-refractivity contribution in [3.05, 3.63) is 65.9 Å². The molecule has 1 aromatic carbocycles. The first kappa shape index (κ1) is 28.2. The molecule has 1 amide bonds. The molecular weight excluding hydrogens is 411 g/mol. The van der Waals surface area contributed by atoms with E-state index in [1.165, 1.54) is 36.9 Å². The van der Waals surface area contributed by atoms with Crippen LogP contribution in [-0.4, -0.2) is 42.3 Å². The van der Waals surface area contributed by atoms with Crippen LogP contribution in [0.5, 0.6) is 0 Å². The van der Waals surface area contributed by atoms with Gasteiger partial charge < -0.3 is 34.4 Å². The molecular formula is C22H33FN8O. The van der Waals surface area contributed by atoms with E-state index in [1.807, 2.05) is 6.08 Å². The van der Waals surface area contributed by atoms with Crippen molar-refractivity contribution in [3.63, 3.8) is 0 Å². The number of aliphatic imine (C=N–C) groups is 1. The molecule has 1 heterocycles. The highest BCUT2D eigenvalue weighted by atomic mass is 19.1. The van der Waals surface area contributed by atoms with Gasteiger partial charge in [0.2, 0.25) is 0 Å². The third-order valence-electron chi connectivity index (χ3n) is 4.15. The minimum Gasteiger partial charge on any atom is -0.405 e. The zero-order valence-electron chi connectivity index (χ0n) is 18.0. The molecule has 0 spiro atoms. The van der Waals surface area contributed by atoms with E-state index in [0.717, 1.165) is 38.0 Å². The summed E-state index contributed by atoms with van der Waals surface area (Å²) in [5, 5.41) is 0. The Labute approximate surface area is 188 Å². The maximum absolute atomic E-state index is 12.6. The first-order valence-electron chi connectivity index (χ1n) is 9.72. The van der Waals surface area contributed by atoms with Gasteiger partial charge in [-0.3, -0.25) is 9.69 Å². The molecule has 1 saturated heterocycles. The Kier molecular flexibility index (Phi) is 14.1. The second kappa shape index (κ2) is 16.0. The van der Waals surface area contributed by atoms with Crippen molar-refractivity contribution in [2.45, 2.75) is 18.9 Å². The highest BCUT2D eigenvalue weighted by Crippen LogP contribution is 2.13. The molecule has 9 nitrogen and oxygen atoms in total. The summed E-state index contributed by atoms with van der Waals surface area (Å²) < 4.78 is 12.6. The summed E-state index contributed by atoms with van der Waals surface area (Å²) in [7, 11) is 0. The maximum atomic E-state index is 12.6. The quantitative estimate of drug-likeness (QED) is 0.118. The Balaban J connectivity index is 0.000000561. The largest absolute Gasteiger partial charge is 0.405 e. The van der Waals surface area contributed by atoms with Crippen molar-refractivity contribution in [1.82, 2.24) is 4.90 Å². The summed E-state index contributed by atoms with van der Waals surface area (Å²) >= 11 is 0. The maximum Gasteiger partial charge on any atom is 0.253 e. The van der Waals surface area contributed by atoms with Crippen LogP contribution in [0.25, 0.3) is 0 Å². The molecule has 1 aromatic rings. The Morgan fingerprint density at radius 2 is 1.81 bits per heavy atom. The van der Waals surface area contributed by atoms with Gasteiger partial charge in [0.05, 0.1) is 11.3 Å². The number of carbonyl (C=O) groups is 1. The van der Waals surface area contributed by atoms with E-state index in [2.05, 4.69) is 22.7 Å². The third-order valence-corrected chi connectivity index (χ3v) is 4.15. The Hall–Kier alpha value is -3.81. The van der Waals surface area contributed by atoms with Crippen LogP contribution in [0, 0.1) is 18.7 Å². The predicted octanol–water partition coefficient (Wildman–Crippen LogP) is 0.116. The lowest BCUT2D eigenvalue weighted by molar-refractivity contribution is -0.114. The molecule has 0 radical (unpaired) electrons. The van der Waals surface area contributed by atoms with Gasteiger partial charge in [-0.1, -0.05) is 0 Å². The highest BCUT2D eigenvalue weighted by Gasteiger charge is 2.16. The van der Waals surface area contributed by atoms with Crippen LogP contribution in [0.4, 0.5) is 10.1 Å². The fourth-order valence-corrected chi connectivity index (χ4v) is 2.73. The van der Waals surface area contributed by atoms with Crippen LogP contribution in [0.2, 0.25) is 0 Å². The number of hydrogen-bond acceptors (Lipinski definition) is 7. The van der Waals surface area contributed by atoms with E-state index in [4.69, 9.17) is 34.4 Å². The number of primary amides is 1. The molecule has 12 N–H and O–H groups in total. The predicted molar refractivity (Wildman–Crippen MR) is 128 cm³/mol. The van der Waals surface area contributed by atoms with Gasteiger partial charge >= 0.3 is 0 Å². The van der Waals surface area contributed by atoms with Crippen molar-refractivity contribution in [2.75, 3.05) is 19.6 Å². The SMILES string of the molecule is C#C.N/C=C(/C(N)=O)C(N)=Nc1ccc(F)cc1.N/C=C\C=C(/N)CN1CCC[C@H](N)C1. The van der Waals surface area contributed by atoms with Crippen molar-refractivity contribution < 1.29 is 9.18 Å². The monoisotopic (exact) mass is 444 g/mol. The van der Waals surface area contributed by atoms with Gasteiger partial charge in [-0.25, -0.2) is 9.38 Å². The molecule has 0 unspecified atom stereocenters. The van der Waals surface area contributed by atoms with Crippen LogP contribution in [0.1, 0.15) is 12.8 Å². The van der Waals surface area contributed by atoms with Gasteiger partial charge in [-0.15, -0.1) is 12.8 Å². The van der Waals surface area contributed by atoms with E-state index in [-0.39, 0.29) is 17.2 Å². The minimum atomic E-state index is -0.772. The van der Waals surface area contributed by atoms with Crippen LogP contribution < -0.4 is 34.4 Å².